The lowest BCUT2D eigenvalue weighted by molar-refractivity contribution is 0.110. The summed E-state index contributed by atoms with van der Waals surface area (Å²) in [6.07, 6.45) is 5.91. The molecule has 1 aliphatic heterocycles. The van der Waals surface area contributed by atoms with Crippen LogP contribution in [0, 0.1) is 5.92 Å². The van der Waals surface area contributed by atoms with Crippen molar-refractivity contribution in [2.75, 3.05) is 20.2 Å². The average Bonchev–Trinajstić information content (AvgIpc) is 2.47. The van der Waals surface area contributed by atoms with Gasteiger partial charge < -0.3 is 20.3 Å². The number of nitrogens with zero attached hydrogens (tertiary/aromatic N) is 1. The van der Waals surface area contributed by atoms with E-state index in [1.165, 1.54) is 20.0 Å². The molecule has 0 aromatic heterocycles. The predicted molar refractivity (Wildman–Crippen MR) is 80.1 cm³/mol. The van der Waals surface area contributed by atoms with Crippen LogP contribution in [0.4, 0.5) is 9.59 Å². The fraction of sp³-hybridized carbons (Fsp3) is 0.867. The van der Waals surface area contributed by atoms with Crippen molar-refractivity contribution in [1.29, 1.82) is 0 Å². The standard InChI is InChI=1S/C15H27N3O3/c1-11-4-3-5-13(10-11)17-14(19)16-12-6-8-18(9-7-12)15(20)21-2/h11-13H,3-10H2,1-2H3,(H2,16,17,19). The predicted octanol–water partition coefficient (Wildman–Crippen LogP) is 2.10. The Bertz CT molecular complexity index is 367. The number of methoxy groups -OCH3 is 1. The summed E-state index contributed by atoms with van der Waals surface area (Å²) in [5.41, 5.74) is 0. The molecule has 1 aliphatic carbocycles. The normalized spacial score (nSPS) is 27.0. The molecule has 0 aromatic carbocycles. The summed E-state index contributed by atoms with van der Waals surface area (Å²) < 4.78 is 4.70. The molecule has 21 heavy (non-hydrogen) atoms. The number of amides is 3. The number of hydrogen-bond acceptors (Lipinski definition) is 3. The lowest BCUT2D eigenvalue weighted by atomic mass is 9.87. The largest absolute Gasteiger partial charge is 0.453 e. The number of likely N-dealkylation sites (tertiary alicyclic amines) is 1. The molecule has 120 valence electrons. The minimum atomic E-state index is -0.283. The first kappa shape index (κ1) is 15.9. The Morgan fingerprint density at radius 1 is 1.05 bits per heavy atom. The SMILES string of the molecule is COC(=O)N1CCC(NC(=O)NC2CCCC(C)C2)CC1. The minimum absolute atomic E-state index is 0.0642. The topological polar surface area (TPSA) is 70.7 Å². The van der Waals surface area contributed by atoms with Crippen molar-refractivity contribution in [1.82, 2.24) is 15.5 Å². The van der Waals surface area contributed by atoms with E-state index in [0.717, 1.165) is 25.7 Å². The Morgan fingerprint density at radius 3 is 2.33 bits per heavy atom. The van der Waals surface area contributed by atoms with Crippen LogP contribution in [0.2, 0.25) is 0 Å². The first-order valence-electron chi connectivity index (χ1n) is 7.98. The van der Waals surface area contributed by atoms with Crippen LogP contribution in [-0.4, -0.2) is 49.3 Å². The highest BCUT2D eigenvalue weighted by atomic mass is 16.5. The van der Waals surface area contributed by atoms with Gasteiger partial charge in [0.1, 0.15) is 0 Å². The van der Waals surface area contributed by atoms with Crippen LogP contribution >= 0.6 is 0 Å². The van der Waals surface area contributed by atoms with E-state index in [4.69, 9.17) is 4.74 Å². The summed E-state index contributed by atoms with van der Waals surface area (Å²) >= 11 is 0. The highest BCUT2D eigenvalue weighted by molar-refractivity contribution is 5.74. The van der Waals surface area contributed by atoms with Gasteiger partial charge in [-0.3, -0.25) is 0 Å². The number of ether oxygens (including phenoxy) is 1. The third-order valence-corrected chi connectivity index (χ3v) is 4.53. The number of nitrogens with one attached hydrogen (secondary N) is 2. The van der Waals surface area contributed by atoms with Gasteiger partial charge in [-0.15, -0.1) is 0 Å². The molecule has 2 atom stereocenters. The molecule has 3 amide bonds. The van der Waals surface area contributed by atoms with Gasteiger partial charge in [0.25, 0.3) is 0 Å². The summed E-state index contributed by atoms with van der Waals surface area (Å²) in [5.74, 6) is 0.701. The van der Waals surface area contributed by atoms with Crippen LogP contribution in [0.5, 0.6) is 0 Å². The number of hydrogen-bond donors (Lipinski definition) is 2. The number of urea groups is 1. The second-order valence-corrected chi connectivity index (χ2v) is 6.32. The molecule has 0 aromatic rings. The summed E-state index contributed by atoms with van der Waals surface area (Å²) in [6.45, 7) is 3.52. The zero-order valence-corrected chi connectivity index (χ0v) is 13.1. The van der Waals surface area contributed by atoms with Crippen molar-refractivity contribution in [2.24, 2.45) is 5.92 Å². The van der Waals surface area contributed by atoms with E-state index in [-0.39, 0.29) is 18.2 Å². The molecule has 0 bridgehead atoms. The van der Waals surface area contributed by atoms with Crippen LogP contribution in [0.3, 0.4) is 0 Å². The third-order valence-electron chi connectivity index (χ3n) is 4.53. The van der Waals surface area contributed by atoms with E-state index in [0.29, 0.717) is 25.0 Å². The monoisotopic (exact) mass is 297 g/mol. The van der Waals surface area contributed by atoms with Gasteiger partial charge in [0, 0.05) is 25.2 Å². The lowest BCUT2D eigenvalue weighted by Gasteiger charge is -2.32. The summed E-state index contributed by atoms with van der Waals surface area (Å²) in [7, 11) is 1.39. The molecule has 1 heterocycles. The van der Waals surface area contributed by atoms with Gasteiger partial charge in [0.05, 0.1) is 7.11 Å². The number of carbonyl (C=O) groups excluding carboxylic acids is 2. The van der Waals surface area contributed by atoms with Crippen molar-refractivity contribution in [2.45, 2.75) is 57.5 Å². The Morgan fingerprint density at radius 2 is 1.71 bits per heavy atom. The van der Waals surface area contributed by atoms with Gasteiger partial charge in [0.2, 0.25) is 0 Å². The molecule has 6 nitrogen and oxygen atoms in total. The third kappa shape index (κ3) is 4.79. The molecule has 1 saturated heterocycles. The van der Waals surface area contributed by atoms with E-state index in [9.17, 15) is 9.59 Å². The first-order valence-corrected chi connectivity index (χ1v) is 7.98. The van der Waals surface area contributed by atoms with Crippen LogP contribution in [0.25, 0.3) is 0 Å². The summed E-state index contributed by atoms with van der Waals surface area (Å²) in [6, 6.07) is 0.390. The smallest absolute Gasteiger partial charge is 0.409 e. The number of rotatable bonds is 2. The molecular formula is C15H27N3O3. The van der Waals surface area contributed by atoms with Crippen molar-refractivity contribution in [3.05, 3.63) is 0 Å². The van der Waals surface area contributed by atoms with E-state index in [1.807, 2.05) is 0 Å². The van der Waals surface area contributed by atoms with Gasteiger partial charge >= 0.3 is 12.1 Å². The maximum atomic E-state index is 12.0. The highest BCUT2D eigenvalue weighted by Gasteiger charge is 2.25. The Balaban J connectivity index is 1.68. The molecule has 2 N–H and O–H groups in total. The Kier molecular flexibility index (Phi) is 5.70. The lowest BCUT2D eigenvalue weighted by Crippen LogP contribution is -2.51. The molecule has 2 unspecified atom stereocenters. The van der Waals surface area contributed by atoms with E-state index < -0.39 is 0 Å². The maximum Gasteiger partial charge on any atom is 0.409 e. The van der Waals surface area contributed by atoms with Gasteiger partial charge in [-0.2, -0.15) is 0 Å². The van der Waals surface area contributed by atoms with Crippen molar-refractivity contribution < 1.29 is 14.3 Å². The van der Waals surface area contributed by atoms with Crippen LogP contribution < -0.4 is 10.6 Å². The minimum Gasteiger partial charge on any atom is -0.453 e. The molecule has 2 fully saturated rings. The summed E-state index contributed by atoms with van der Waals surface area (Å²) in [4.78, 5) is 25.1. The fourth-order valence-corrected chi connectivity index (χ4v) is 3.31. The van der Waals surface area contributed by atoms with Gasteiger partial charge in [-0.05, 0) is 31.6 Å². The fourth-order valence-electron chi connectivity index (χ4n) is 3.31. The second kappa shape index (κ2) is 7.52. The molecule has 1 saturated carbocycles. The zero-order valence-electron chi connectivity index (χ0n) is 13.1. The Hall–Kier alpha value is -1.46. The second-order valence-electron chi connectivity index (χ2n) is 6.32. The van der Waals surface area contributed by atoms with E-state index >= 15 is 0 Å². The van der Waals surface area contributed by atoms with Gasteiger partial charge in [-0.25, -0.2) is 9.59 Å². The van der Waals surface area contributed by atoms with Gasteiger partial charge in [-0.1, -0.05) is 19.8 Å². The summed E-state index contributed by atoms with van der Waals surface area (Å²) in [5, 5.41) is 6.12. The molecule has 0 radical (unpaired) electrons. The van der Waals surface area contributed by atoms with Gasteiger partial charge in [0.15, 0.2) is 0 Å². The zero-order chi connectivity index (χ0) is 15.2. The molecule has 2 rings (SSSR count). The van der Waals surface area contributed by atoms with Crippen molar-refractivity contribution >= 4 is 12.1 Å². The molecule has 0 spiro atoms. The highest BCUT2D eigenvalue weighted by Crippen LogP contribution is 2.23. The average molecular weight is 297 g/mol. The number of carbonyl (C=O) groups is 2. The van der Waals surface area contributed by atoms with Crippen molar-refractivity contribution in [3.63, 3.8) is 0 Å². The Labute approximate surface area is 126 Å². The first-order chi connectivity index (χ1) is 10.1. The number of piperidine rings is 1. The van der Waals surface area contributed by atoms with Crippen LogP contribution in [0.15, 0.2) is 0 Å². The van der Waals surface area contributed by atoms with E-state index in [1.54, 1.807) is 4.90 Å². The molecule has 2 aliphatic rings. The van der Waals surface area contributed by atoms with Crippen molar-refractivity contribution in [3.8, 4) is 0 Å². The molecule has 6 heteroatoms. The van der Waals surface area contributed by atoms with E-state index in [2.05, 4.69) is 17.6 Å². The maximum absolute atomic E-state index is 12.0. The van der Waals surface area contributed by atoms with Crippen LogP contribution in [-0.2, 0) is 4.74 Å². The quantitative estimate of drug-likeness (QED) is 0.820. The van der Waals surface area contributed by atoms with Crippen LogP contribution in [0.1, 0.15) is 45.4 Å². The molecular weight excluding hydrogens is 270 g/mol.